The second-order valence-electron chi connectivity index (χ2n) is 6.86. The van der Waals surface area contributed by atoms with Crippen molar-refractivity contribution in [2.24, 2.45) is 0 Å². The molecular weight excluding hydrogens is 518 g/mol. The zero-order valence-corrected chi connectivity index (χ0v) is 18.3. The van der Waals surface area contributed by atoms with E-state index in [1.54, 1.807) is 18.3 Å². The summed E-state index contributed by atoms with van der Waals surface area (Å²) in [5, 5.41) is 4.78. The van der Waals surface area contributed by atoms with Crippen LogP contribution in [0.15, 0.2) is 66.9 Å². The lowest BCUT2D eigenvalue weighted by molar-refractivity contribution is -0.141. The summed E-state index contributed by atoms with van der Waals surface area (Å²) in [4.78, 5) is 20.7. The van der Waals surface area contributed by atoms with Crippen LogP contribution in [0.2, 0.25) is 0 Å². The maximum atomic E-state index is 12.8. The molecule has 156 valence electrons. The second-order valence-corrected chi connectivity index (χ2v) is 8.02. The van der Waals surface area contributed by atoms with Gasteiger partial charge < -0.3 is 5.32 Å². The molecule has 0 atom stereocenters. The van der Waals surface area contributed by atoms with Crippen molar-refractivity contribution in [3.05, 3.63) is 87.4 Å². The van der Waals surface area contributed by atoms with E-state index < -0.39 is 17.8 Å². The smallest absolute Gasteiger partial charge is 0.322 e. The zero-order valence-electron chi connectivity index (χ0n) is 16.2. The van der Waals surface area contributed by atoms with Crippen molar-refractivity contribution in [3.8, 4) is 11.3 Å². The highest BCUT2D eigenvalue weighted by molar-refractivity contribution is 14.1. The highest BCUT2D eigenvalue weighted by atomic mass is 127. The number of benzene rings is 2. The van der Waals surface area contributed by atoms with Gasteiger partial charge in [0.05, 0.1) is 17.0 Å². The van der Waals surface area contributed by atoms with Crippen molar-refractivity contribution in [3.63, 3.8) is 0 Å². The summed E-state index contributed by atoms with van der Waals surface area (Å²) >= 11 is 2.21. The number of nitrogens with zero attached hydrogens (tertiary/aromatic N) is 2. The Kier molecular flexibility index (Phi) is 5.65. The number of rotatable bonds is 3. The van der Waals surface area contributed by atoms with E-state index >= 15 is 0 Å². The number of fused-ring (bicyclic) bond motifs is 1. The predicted molar refractivity (Wildman–Crippen MR) is 122 cm³/mol. The molecular formula is C23H15F3IN3O. The fourth-order valence-corrected chi connectivity index (χ4v) is 3.87. The molecule has 0 unspecified atom stereocenters. The number of aryl methyl sites for hydroxylation is 1. The number of carbonyl (C=O) groups is 1. The van der Waals surface area contributed by atoms with Crippen molar-refractivity contribution >= 4 is 45.0 Å². The molecule has 2 aromatic carbocycles. The summed E-state index contributed by atoms with van der Waals surface area (Å²) in [7, 11) is 0. The first-order valence-corrected chi connectivity index (χ1v) is 10.3. The van der Waals surface area contributed by atoms with Crippen molar-refractivity contribution in [2.75, 3.05) is 5.32 Å². The fourth-order valence-electron chi connectivity index (χ4n) is 3.28. The molecule has 0 fully saturated rings. The molecule has 0 spiro atoms. The first kappa shape index (κ1) is 21.2. The van der Waals surface area contributed by atoms with E-state index in [0.717, 1.165) is 37.7 Å². The minimum absolute atomic E-state index is 0.00813. The SMILES string of the molecule is Cc1nc(C(F)(F)F)ccc1C(=O)Nc1ccc(I)c(-c2nccc3ccccc23)c1. The number of nitrogens with one attached hydrogen (secondary N) is 1. The van der Waals surface area contributed by atoms with Gasteiger partial charge in [0.1, 0.15) is 5.69 Å². The number of anilines is 1. The van der Waals surface area contributed by atoms with Crippen LogP contribution in [0.5, 0.6) is 0 Å². The van der Waals surface area contributed by atoms with Crippen molar-refractivity contribution in [1.82, 2.24) is 9.97 Å². The van der Waals surface area contributed by atoms with Gasteiger partial charge in [-0.2, -0.15) is 13.2 Å². The summed E-state index contributed by atoms with van der Waals surface area (Å²) in [6.07, 6.45) is -2.83. The summed E-state index contributed by atoms with van der Waals surface area (Å²) in [6.45, 7) is 1.38. The third-order valence-corrected chi connectivity index (χ3v) is 5.71. The van der Waals surface area contributed by atoms with E-state index in [9.17, 15) is 18.0 Å². The minimum atomic E-state index is -4.56. The number of hydrogen-bond donors (Lipinski definition) is 1. The number of alkyl halides is 3. The Hall–Kier alpha value is -3.01. The standard InChI is InChI=1S/C23H15F3IN3O/c1-13-16(7-9-20(29-13)23(24,25)26)22(31)30-15-6-8-19(27)18(12-15)21-17-5-3-2-4-14(17)10-11-28-21/h2-12H,1H3,(H,30,31). The predicted octanol–water partition coefficient (Wildman–Crippen LogP) is 6.48. The summed E-state index contributed by atoms with van der Waals surface area (Å²) < 4.78 is 39.4. The molecule has 4 rings (SSSR count). The van der Waals surface area contributed by atoms with Gasteiger partial charge in [0.25, 0.3) is 5.91 Å². The molecule has 8 heteroatoms. The van der Waals surface area contributed by atoms with E-state index in [4.69, 9.17) is 0 Å². The van der Waals surface area contributed by atoms with Crippen LogP contribution in [0.4, 0.5) is 18.9 Å². The van der Waals surface area contributed by atoms with Crippen LogP contribution in [-0.2, 0) is 6.18 Å². The monoisotopic (exact) mass is 533 g/mol. The topological polar surface area (TPSA) is 54.9 Å². The molecule has 0 aliphatic carbocycles. The molecule has 0 aliphatic heterocycles. The average molecular weight is 533 g/mol. The van der Waals surface area contributed by atoms with E-state index in [-0.39, 0.29) is 11.3 Å². The van der Waals surface area contributed by atoms with Gasteiger partial charge in [0.15, 0.2) is 0 Å². The Morgan fingerprint density at radius 1 is 1.03 bits per heavy atom. The number of aromatic nitrogens is 2. The van der Waals surface area contributed by atoms with Crippen LogP contribution < -0.4 is 5.32 Å². The number of pyridine rings is 2. The number of carbonyl (C=O) groups excluding carboxylic acids is 1. The molecule has 0 saturated carbocycles. The Bertz CT molecular complexity index is 1300. The van der Waals surface area contributed by atoms with Gasteiger partial charge in [-0.15, -0.1) is 0 Å². The number of halogens is 4. The van der Waals surface area contributed by atoms with Gasteiger partial charge >= 0.3 is 6.18 Å². The first-order valence-electron chi connectivity index (χ1n) is 9.24. The fraction of sp³-hybridized carbons (Fsp3) is 0.0870. The molecule has 0 aliphatic rings. The summed E-state index contributed by atoms with van der Waals surface area (Å²) in [5.41, 5.74) is 1.20. The summed E-state index contributed by atoms with van der Waals surface area (Å²) in [5.74, 6) is -0.531. The van der Waals surface area contributed by atoms with Gasteiger partial charge in [0.2, 0.25) is 0 Å². The van der Waals surface area contributed by atoms with Gasteiger partial charge in [-0.3, -0.25) is 9.78 Å². The lowest BCUT2D eigenvalue weighted by atomic mass is 10.0. The van der Waals surface area contributed by atoms with Crippen molar-refractivity contribution < 1.29 is 18.0 Å². The van der Waals surface area contributed by atoms with Crippen LogP contribution in [0.25, 0.3) is 22.0 Å². The largest absolute Gasteiger partial charge is 0.433 e. The van der Waals surface area contributed by atoms with Crippen LogP contribution in [0.1, 0.15) is 21.7 Å². The van der Waals surface area contributed by atoms with E-state index in [1.807, 2.05) is 36.4 Å². The Labute approximate surface area is 189 Å². The molecule has 1 N–H and O–H groups in total. The van der Waals surface area contributed by atoms with Crippen LogP contribution in [0.3, 0.4) is 0 Å². The Balaban J connectivity index is 1.67. The van der Waals surface area contributed by atoms with Crippen LogP contribution >= 0.6 is 22.6 Å². The Morgan fingerprint density at radius 2 is 1.81 bits per heavy atom. The highest BCUT2D eigenvalue weighted by Gasteiger charge is 2.33. The number of hydrogen-bond acceptors (Lipinski definition) is 3. The number of amides is 1. The molecule has 0 bridgehead atoms. The van der Waals surface area contributed by atoms with Crippen LogP contribution in [-0.4, -0.2) is 15.9 Å². The minimum Gasteiger partial charge on any atom is -0.322 e. The van der Waals surface area contributed by atoms with E-state index in [2.05, 4.69) is 37.9 Å². The van der Waals surface area contributed by atoms with Gasteiger partial charge in [-0.1, -0.05) is 24.3 Å². The zero-order chi connectivity index (χ0) is 22.2. The van der Waals surface area contributed by atoms with E-state index in [0.29, 0.717) is 5.69 Å². The van der Waals surface area contributed by atoms with Crippen LogP contribution in [0, 0.1) is 10.5 Å². The molecule has 1 amide bonds. The maximum absolute atomic E-state index is 12.8. The molecule has 31 heavy (non-hydrogen) atoms. The maximum Gasteiger partial charge on any atom is 0.433 e. The molecule has 0 radical (unpaired) electrons. The lowest BCUT2D eigenvalue weighted by Gasteiger charge is -2.13. The van der Waals surface area contributed by atoms with Crippen molar-refractivity contribution in [1.29, 1.82) is 0 Å². The van der Waals surface area contributed by atoms with Gasteiger partial charge in [-0.25, -0.2) is 4.98 Å². The van der Waals surface area contributed by atoms with Gasteiger partial charge in [-0.05, 0) is 71.3 Å². The molecule has 4 aromatic rings. The molecule has 2 heterocycles. The lowest BCUT2D eigenvalue weighted by Crippen LogP contribution is -2.16. The molecule has 4 nitrogen and oxygen atoms in total. The Morgan fingerprint density at radius 3 is 2.55 bits per heavy atom. The molecule has 2 aromatic heterocycles. The first-order chi connectivity index (χ1) is 14.7. The normalized spacial score (nSPS) is 11.5. The summed E-state index contributed by atoms with van der Waals surface area (Å²) in [6, 6.07) is 17.1. The van der Waals surface area contributed by atoms with Gasteiger partial charge in [0, 0.05) is 26.4 Å². The molecule has 0 saturated heterocycles. The quantitative estimate of drug-likeness (QED) is 0.307. The average Bonchev–Trinajstić information content (AvgIpc) is 2.74. The van der Waals surface area contributed by atoms with Crippen molar-refractivity contribution in [2.45, 2.75) is 13.1 Å². The second kappa shape index (κ2) is 8.26. The third kappa shape index (κ3) is 4.39. The highest BCUT2D eigenvalue weighted by Crippen LogP contribution is 2.32. The van der Waals surface area contributed by atoms with E-state index in [1.165, 1.54) is 6.92 Å². The third-order valence-electron chi connectivity index (χ3n) is 4.77.